The van der Waals surface area contributed by atoms with Crippen molar-refractivity contribution in [3.8, 4) is 5.75 Å². The minimum absolute atomic E-state index is 0.235. The Morgan fingerprint density at radius 1 is 0.958 bits per heavy atom. The minimum atomic E-state index is -4.31. The first kappa shape index (κ1) is 15.5. The Hall–Kier alpha value is -2.01. The van der Waals surface area contributed by atoms with Crippen molar-refractivity contribution in [2.75, 3.05) is 13.1 Å². The molecule has 2 nitrogen and oxygen atoms in total. The van der Waals surface area contributed by atoms with Gasteiger partial charge in [-0.3, -0.25) is 4.90 Å². The lowest BCUT2D eigenvalue weighted by Crippen LogP contribution is -2.39. The van der Waals surface area contributed by atoms with Gasteiger partial charge in [0.25, 0.3) is 0 Å². The summed E-state index contributed by atoms with van der Waals surface area (Å²) >= 11 is 0. The summed E-state index contributed by atoms with van der Waals surface area (Å²) < 4.78 is 38.6. The Morgan fingerprint density at radius 3 is 2.25 bits per heavy atom. The summed E-state index contributed by atoms with van der Waals surface area (Å²) in [6, 6.07) is 11.0. The summed E-state index contributed by atoms with van der Waals surface area (Å²) in [5.41, 5.74) is 2.27. The second-order valence-electron chi connectivity index (χ2n) is 6.77. The number of aromatic hydroxyl groups is 1. The highest BCUT2D eigenvalue weighted by atomic mass is 19.4. The number of phenols is 1. The summed E-state index contributed by atoms with van der Waals surface area (Å²) in [6.45, 7) is 2.61. The van der Waals surface area contributed by atoms with Gasteiger partial charge in [0.15, 0.2) is 0 Å². The van der Waals surface area contributed by atoms with Crippen LogP contribution in [0.4, 0.5) is 13.2 Å². The van der Waals surface area contributed by atoms with Crippen LogP contribution in [-0.2, 0) is 18.1 Å². The van der Waals surface area contributed by atoms with Gasteiger partial charge < -0.3 is 5.11 Å². The number of alkyl halides is 3. The number of benzene rings is 2. The third-order valence-electron chi connectivity index (χ3n) is 5.47. The van der Waals surface area contributed by atoms with E-state index < -0.39 is 11.7 Å². The Labute approximate surface area is 138 Å². The second-order valence-corrected chi connectivity index (χ2v) is 6.77. The van der Waals surface area contributed by atoms with E-state index in [0.29, 0.717) is 0 Å². The zero-order valence-electron chi connectivity index (χ0n) is 13.1. The predicted molar refractivity (Wildman–Crippen MR) is 84.8 cm³/mol. The third kappa shape index (κ3) is 2.38. The van der Waals surface area contributed by atoms with E-state index in [2.05, 4.69) is 4.90 Å². The molecule has 3 aliphatic heterocycles. The van der Waals surface area contributed by atoms with Gasteiger partial charge in [0.05, 0.1) is 5.56 Å². The molecule has 0 spiro atoms. The van der Waals surface area contributed by atoms with E-state index >= 15 is 0 Å². The van der Waals surface area contributed by atoms with E-state index in [4.69, 9.17) is 0 Å². The molecule has 24 heavy (non-hydrogen) atoms. The largest absolute Gasteiger partial charge is 0.508 e. The molecule has 3 aliphatic rings. The summed E-state index contributed by atoms with van der Waals surface area (Å²) in [5.74, 6) is 0.235. The van der Waals surface area contributed by atoms with E-state index in [9.17, 15) is 18.3 Å². The molecule has 0 aromatic heterocycles. The van der Waals surface area contributed by atoms with Crippen molar-refractivity contribution in [3.63, 3.8) is 0 Å². The van der Waals surface area contributed by atoms with Gasteiger partial charge in [0.2, 0.25) is 0 Å². The molecule has 1 fully saturated rings. The molecule has 0 atom stereocenters. The summed E-state index contributed by atoms with van der Waals surface area (Å²) in [6.07, 6.45) is -2.54. The molecule has 1 N–H and O–H groups in total. The van der Waals surface area contributed by atoms with Crippen LogP contribution >= 0.6 is 0 Å². The monoisotopic (exact) mass is 333 g/mol. The predicted octanol–water partition coefficient (Wildman–Crippen LogP) is 4.31. The van der Waals surface area contributed by atoms with Crippen molar-refractivity contribution >= 4 is 0 Å². The fourth-order valence-corrected chi connectivity index (χ4v) is 4.20. The van der Waals surface area contributed by atoms with E-state index in [-0.39, 0.29) is 11.2 Å². The molecule has 0 amide bonds. The second kappa shape index (κ2) is 5.24. The fourth-order valence-electron chi connectivity index (χ4n) is 4.20. The molecule has 2 aromatic carbocycles. The molecular formula is C19H18F3NO. The number of fused-ring (bicyclic) bond motifs is 2. The number of hydrogen-bond donors (Lipinski definition) is 1. The van der Waals surface area contributed by atoms with Crippen LogP contribution < -0.4 is 0 Å². The van der Waals surface area contributed by atoms with E-state index in [1.807, 2.05) is 6.07 Å². The van der Waals surface area contributed by atoms with Crippen molar-refractivity contribution in [1.29, 1.82) is 0 Å². The van der Waals surface area contributed by atoms with Gasteiger partial charge in [-0.1, -0.05) is 18.2 Å². The SMILES string of the molecule is Oc1ccc2c(c1)CN1CCC2(c2ccc(C(F)(F)F)cc2)CC1. The summed E-state index contributed by atoms with van der Waals surface area (Å²) in [4.78, 5) is 2.34. The van der Waals surface area contributed by atoms with Crippen LogP contribution in [0.2, 0.25) is 0 Å². The molecular weight excluding hydrogens is 315 g/mol. The summed E-state index contributed by atoms with van der Waals surface area (Å²) in [7, 11) is 0. The van der Waals surface area contributed by atoms with Crippen molar-refractivity contribution in [1.82, 2.24) is 4.90 Å². The molecule has 5 heteroatoms. The molecule has 2 aromatic rings. The number of rotatable bonds is 1. The molecule has 0 unspecified atom stereocenters. The lowest BCUT2D eigenvalue weighted by Gasteiger charge is -2.39. The van der Waals surface area contributed by atoms with Gasteiger partial charge >= 0.3 is 6.18 Å². The topological polar surface area (TPSA) is 23.5 Å². The van der Waals surface area contributed by atoms with E-state index in [1.165, 1.54) is 12.1 Å². The number of halogens is 3. The molecule has 1 saturated heterocycles. The highest BCUT2D eigenvalue weighted by Gasteiger charge is 2.42. The standard InChI is InChI=1S/C19H18F3NO/c20-19(21,22)15-3-1-14(2-4-15)18-7-9-23(10-8-18)12-13-11-16(24)5-6-17(13)18/h1-6,11,24H,7-10,12H2. The zero-order chi connectivity index (χ0) is 16.9. The molecule has 3 heterocycles. The maximum Gasteiger partial charge on any atom is 0.416 e. The lowest BCUT2D eigenvalue weighted by molar-refractivity contribution is -0.137. The molecule has 0 radical (unpaired) electrons. The highest BCUT2D eigenvalue weighted by molar-refractivity contribution is 5.48. The van der Waals surface area contributed by atoms with Crippen LogP contribution in [0.25, 0.3) is 0 Å². The molecule has 0 aliphatic carbocycles. The van der Waals surface area contributed by atoms with Crippen LogP contribution in [0.15, 0.2) is 42.5 Å². The van der Waals surface area contributed by atoms with Crippen molar-refractivity contribution in [2.45, 2.75) is 31.0 Å². The van der Waals surface area contributed by atoms with E-state index in [1.54, 1.807) is 24.3 Å². The van der Waals surface area contributed by atoms with Gasteiger partial charge in [-0.2, -0.15) is 13.2 Å². The Kier molecular flexibility index (Phi) is 3.39. The van der Waals surface area contributed by atoms with Gasteiger partial charge in [-0.25, -0.2) is 0 Å². The van der Waals surface area contributed by atoms with Crippen LogP contribution in [0.5, 0.6) is 5.75 Å². The van der Waals surface area contributed by atoms with Crippen LogP contribution in [0.1, 0.15) is 35.1 Å². The van der Waals surface area contributed by atoms with Crippen molar-refractivity contribution < 1.29 is 18.3 Å². The van der Waals surface area contributed by atoms with Crippen molar-refractivity contribution in [2.24, 2.45) is 0 Å². The maximum atomic E-state index is 12.9. The van der Waals surface area contributed by atoms with Gasteiger partial charge in [0, 0.05) is 12.0 Å². The first-order valence-electron chi connectivity index (χ1n) is 8.11. The zero-order valence-corrected chi connectivity index (χ0v) is 13.1. The molecule has 0 saturated carbocycles. The summed E-state index contributed by atoms with van der Waals surface area (Å²) in [5, 5.41) is 9.81. The molecule has 2 bridgehead atoms. The first-order valence-corrected chi connectivity index (χ1v) is 8.11. The average Bonchev–Trinajstić information content (AvgIpc) is 2.80. The Morgan fingerprint density at radius 2 is 1.62 bits per heavy atom. The fraction of sp³-hybridized carbons (Fsp3) is 0.368. The molecule has 5 rings (SSSR count). The Balaban J connectivity index is 1.84. The van der Waals surface area contributed by atoms with Crippen LogP contribution in [0.3, 0.4) is 0 Å². The van der Waals surface area contributed by atoms with Crippen LogP contribution in [0, 0.1) is 0 Å². The van der Waals surface area contributed by atoms with Crippen LogP contribution in [-0.4, -0.2) is 23.1 Å². The first-order chi connectivity index (χ1) is 11.4. The maximum absolute atomic E-state index is 12.9. The van der Waals surface area contributed by atoms with Gasteiger partial charge in [0.1, 0.15) is 5.75 Å². The smallest absolute Gasteiger partial charge is 0.416 e. The van der Waals surface area contributed by atoms with Crippen molar-refractivity contribution in [3.05, 3.63) is 64.7 Å². The highest BCUT2D eigenvalue weighted by Crippen LogP contribution is 2.47. The third-order valence-corrected chi connectivity index (χ3v) is 5.47. The minimum Gasteiger partial charge on any atom is -0.508 e. The number of nitrogens with zero attached hydrogens (tertiary/aromatic N) is 1. The lowest BCUT2D eigenvalue weighted by atomic mass is 9.68. The van der Waals surface area contributed by atoms with Gasteiger partial charge in [-0.05, 0) is 66.9 Å². The number of piperidine rings is 1. The average molecular weight is 333 g/mol. The quantitative estimate of drug-likeness (QED) is 0.841. The normalized spacial score (nSPS) is 26.0. The van der Waals surface area contributed by atoms with E-state index in [0.717, 1.165) is 49.2 Å². The number of phenolic OH excluding ortho intramolecular Hbond substituents is 1. The number of hydrogen-bond acceptors (Lipinski definition) is 2. The van der Waals surface area contributed by atoms with Gasteiger partial charge in [-0.15, -0.1) is 0 Å². The molecule has 126 valence electrons. The Bertz CT molecular complexity index is 759.